The van der Waals surface area contributed by atoms with Gasteiger partial charge in [-0.25, -0.2) is 8.78 Å². The van der Waals surface area contributed by atoms with Gasteiger partial charge < -0.3 is 5.32 Å². The Labute approximate surface area is 102 Å². The van der Waals surface area contributed by atoms with Crippen LogP contribution in [-0.4, -0.2) is 10.9 Å². The van der Waals surface area contributed by atoms with Gasteiger partial charge in [-0.15, -0.1) is 0 Å². The van der Waals surface area contributed by atoms with Gasteiger partial charge in [0.2, 0.25) is 0 Å². The van der Waals surface area contributed by atoms with Crippen LogP contribution in [0.3, 0.4) is 0 Å². The standard InChI is InChI=1S/C13H10F2N2O/c1-8-7-9(5-6-16-8)17-13(18)10-3-2-4-11(14)12(10)15/h2-7H,1H3,(H,16,17,18). The molecule has 0 aliphatic heterocycles. The maximum atomic E-state index is 13.4. The molecule has 2 aromatic rings. The van der Waals surface area contributed by atoms with Gasteiger partial charge in [0.25, 0.3) is 5.91 Å². The van der Waals surface area contributed by atoms with Crippen molar-refractivity contribution in [2.24, 2.45) is 0 Å². The number of hydrogen-bond acceptors (Lipinski definition) is 2. The summed E-state index contributed by atoms with van der Waals surface area (Å²) >= 11 is 0. The van der Waals surface area contributed by atoms with Crippen molar-refractivity contribution in [3.8, 4) is 0 Å². The number of hydrogen-bond donors (Lipinski definition) is 1. The second kappa shape index (κ2) is 4.91. The Morgan fingerprint density at radius 3 is 2.78 bits per heavy atom. The number of anilines is 1. The maximum absolute atomic E-state index is 13.4. The Morgan fingerprint density at radius 2 is 2.06 bits per heavy atom. The molecule has 1 aromatic heterocycles. The first-order valence-corrected chi connectivity index (χ1v) is 5.26. The topological polar surface area (TPSA) is 42.0 Å². The van der Waals surface area contributed by atoms with E-state index in [1.54, 1.807) is 19.1 Å². The number of carbonyl (C=O) groups is 1. The number of nitrogens with zero attached hydrogens (tertiary/aromatic N) is 1. The van der Waals surface area contributed by atoms with E-state index in [1.807, 2.05) is 0 Å². The van der Waals surface area contributed by atoms with Gasteiger partial charge in [0.05, 0.1) is 5.56 Å². The van der Waals surface area contributed by atoms with Crippen molar-refractivity contribution in [1.82, 2.24) is 4.98 Å². The molecule has 1 aromatic carbocycles. The normalized spacial score (nSPS) is 10.2. The molecule has 0 spiro atoms. The summed E-state index contributed by atoms with van der Waals surface area (Å²) in [6.07, 6.45) is 1.52. The summed E-state index contributed by atoms with van der Waals surface area (Å²) in [6, 6.07) is 6.67. The van der Waals surface area contributed by atoms with E-state index in [-0.39, 0.29) is 5.56 Å². The van der Waals surface area contributed by atoms with Crippen LogP contribution in [0.2, 0.25) is 0 Å². The number of aromatic nitrogens is 1. The van der Waals surface area contributed by atoms with Crippen LogP contribution in [0.25, 0.3) is 0 Å². The zero-order valence-corrected chi connectivity index (χ0v) is 9.58. The lowest BCUT2D eigenvalue weighted by atomic mass is 10.2. The van der Waals surface area contributed by atoms with E-state index in [9.17, 15) is 13.6 Å². The number of benzene rings is 1. The van der Waals surface area contributed by atoms with Crippen molar-refractivity contribution < 1.29 is 13.6 Å². The Balaban J connectivity index is 2.25. The highest BCUT2D eigenvalue weighted by Crippen LogP contribution is 2.14. The van der Waals surface area contributed by atoms with Gasteiger partial charge in [-0.3, -0.25) is 9.78 Å². The SMILES string of the molecule is Cc1cc(NC(=O)c2cccc(F)c2F)ccn1. The minimum atomic E-state index is -1.15. The fraction of sp³-hybridized carbons (Fsp3) is 0.0769. The third-order valence-corrected chi connectivity index (χ3v) is 2.35. The van der Waals surface area contributed by atoms with Gasteiger partial charge in [0.1, 0.15) is 0 Å². The first kappa shape index (κ1) is 12.2. The van der Waals surface area contributed by atoms with Gasteiger partial charge in [0, 0.05) is 17.6 Å². The van der Waals surface area contributed by atoms with Crippen LogP contribution in [0.4, 0.5) is 14.5 Å². The number of aryl methyl sites for hydroxylation is 1. The van der Waals surface area contributed by atoms with Gasteiger partial charge in [0.15, 0.2) is 11.6 Å². The van der Waals surface area contributed by atoms with E-state index < -0.39 is 17.5 Å². The van der Waals surface area contributed by atoms with Crippen molar-refractivity contribution in [1.29, 1.82) is 0 Å². The summed E-state index contributed by atoms with van der Waals surface area (Å²) in [5.74, 6) is -2.90. The van der Waals surface area contributed by atoms with E-state index in [2.05, 4.69) is 10.3 Å². The molecule has 0 saturated carbocycles. The molecule has 5 heteroatoms. The molecule has 1 N–H and O–H groups in total. The molecule has 0 aliphatic carbocycles. The summed E-state index contributed by atoms with van der Waals surface area (Å²) in [5, 5.41) is 2.48. The molecule has 0 saturated heterocycles. The minimum absolute atomic E-state index is 0.329. The molecule has 0 radical (unpaired) electrons. The Kier molecular flexibility index (Phi) is 3.32. The lowest BCUT2D eigenvalue weighted by Crippen LogP contribution is -2.14. The first-order chi connectivity index (χ1) is 8.58. The highest BCUT2D eigenvalue weighted by molar-refractivity contribution is 6.04. The van der Waals surface area contributed by atoms with Crippen LogP contribution in [0.15, 0.2) is 36.5 Å². The van der Waals surface area contributed by atoms with Crippen LogP contribution >= 0.6 is 0 Å². The Bertz CT molecular complexity index is 599. The van der Waals surface area contributed by atoms with Gasteiger partial charge in [-0.2, -0.15) is 0 Å². The number of rotatable bonds is 2. The number of pyridine rings is 1. The van der Waals surface area contributed by atoms with E-state index in [1.165, 1.54) is 18.3 Å². The zero-order valence-electron chi connectivity index (χ0n) is 9.58. The lowest BCUT2D eigenvalue weighted by Gasteiger charge is -2.06. The molecule has 0 unspecified atom stereocenters. The van der Waals surface area contributed by atoms with E-state index in [4.69, 9.17) is 0 Å². The van der Waals surface area contributed by atoms with E-state index in [0.29, 0.717) is 11.4 Å². The number of amides is 1. The average Bonchev–Trinajstić information content (AvgIpc) is 2.32. The minimum Gasteiger partial charge on any atom is -0.322 e. The fourth-order valence-electron chi connectivity index (χ4n) is 1.50. The van der Waals surface area contributed by atoms with Crippen LogP contribution in [-0.2, 0) is 0 Å². The van der Waals surface area contributed by atoms with Crippen molar-refractivity contribution in [2.45, 2.75) is 6.92 Å². The number of halogens is 2. The van der Waals surface area contributed by atoms with Crippen molar-refractivity contribution in [2.75, 3.05) is 5.32 Å². The molecule has 92 valence electrons. The molecule has 1 heterocycles. The van der Waals surface area contributed by atoms with E-state index >= 15 is 0 Å². The summed E-state index contributed by atoms with van der Waals surface area (Å²) in [5.41, 5.74) is 0.869. The van der Waals surface area contributed by atoms with Crippen molar-refractivity contribution >= 4 is 11.6 Å². The van der Waals surface area contributed by atoms with Crippen LogP contribution in [0, 0.1) is 18.6 Å². The molecule has 0 aliphatic rings. The maximum Gasteiger partial charge on any atom is 0.258 e. The van der Waals surface area contributed by atoms with Crippen LogP contribution in [0.5, 0.6) is 0 Å². The smallest absolute Gasteiger partial charge is 0.258 e. The molecule has 1 amide bonds. The molecule has 18 heavy (non-hydrogen) atoms. The van der Waals surface area contributed by atoms with Gasteiger partial charge in [-0.05, 0) is 31.2 Å². The highest BCUT2D eigenvalue weighted by Gasteiger charge is 2.14. The Hall–Kier alpha value is -2.30. The third-order valence-electron chi connectivity index (χ3n) is 2.35. The van der Waals surface area contributed by atoms with Gasteiger partial charge in [-0.1, -0.05) is 6.07 Å². The highest BCUT2D eigenvalue weighted by atomic mass is 19.2. The fourth-order valence-corrected chi connectivity index (χ4v) is 1.50. The molecule has 3 nitrogen and oxygen atoms in total. The molecular formula is C13H10F2N2O. The van der Waals surface area contributed by atoms with Crippen LogP contribution < -0.4 is 5.32 Å². The average molecular weight is 248 g/mol. The molecule has 0 fully saturated rings. The second-order valence-corrected chi connectivity index (χ2v) is 3.74. The quantitative estimate of drug-likeness (QED) is 0.887. The number of carbonyl (C=O) groups excluding carboxylic acids is 1. The van der Waals surface area contributed by atoms with Crippen molar-refractivity contribution in [3.63, 3.8) is 0 Å². The predicted molar refractivity (Wildman–Crippen MR) is 63.3 cm³/mol. The van der Waals surface area contributed by atoms with Gasteiger partial charge >= 0.3 is 0 Å². The van der Waals surface area contributed by atoms with Crippen molar-refractivity contribution in [3.05, 3.63) is 59.4 Å². The second-order valence-electron chi connectivity index (χ2n) is 3.74. The molecule has 2 rings (SSSR count). The predicted octanol–water partition coefficient (Wildman–Crippen LogP) is 2.92. The largest absolute Gasteiger partial charge is 0.322 e. The summed E-state index contributed by atoms with van der Waals surface area (Å²) in [6.45, 7) is 1.76. The zero-order chi connectivity index (χ0) is 13.1. The molecule has 0 atom stereocenters. The summed E-state index contributed by atoms with van der Waals surface area (Å²) in [4.78, 5) is 15.7. The summed E-state index contributed by atoms with van der Waals surface area (Å²) < 4.78 is 26.4. The monoisotopic (exact) mass is 248 g/mol. The van der Waals surface area contributed by atoms with E-state index in [0.717, 1.165) is 6.07 Å². The lowest BCUT2D eigenvalue weighted by molar-refractivity contribution is 0.102. The first-order valence-electron chi connectivity index (χ1n) is 5.26. The molecule has 0 bridgehead atoms. The van der Waals surface area contributed by atoms with Crippen LogP contribution in [0.1, 0.15) is 16.1 Å². The Morgan fingerprint density at radius 1 is 1.28 bits per heavy atom. The third kappa shape index (κ3) is 2.51. The number of nitrogens with one attached hydrogen (secondary N) is 1. The summed E-state index contributed by atoms with van der Waals surface area (Å²) in [7, 11) is 0. The molecular weight excluding hydrogens is 238 g/mol.